The molecule has 7 heteroatoms. The van der Waals surface area contributed by atoms with Crippen molar-refractivity contribution in [1.82, 2.24) is 20.2 Å². The van der Waals surface area contributed by atoms with Crippen molar-refractivity contribution in [1.29, 1.82) is 0 Å². The van der Waals surface area contributed by atoms with E-state index in [4.69, 9.17) is 0 Å². The number of tetrazole rings is 1. The SMILES string of the molecule is C[C@H](Nc1nnnn1-c1ccccc1)c1ccc(F)cc1F. The first-order chi connectivity index (χ1) is 10.6. The Morgan fingerprint density at radius 2 is 1.86 bits per heavy atom. The van der Waals surface area contributed by atoms with Crippen molar-refractivity contribution in [3.63, 3.8) is 0 Å². The molecule has 0 aliphatic rings. The molecule has 0 saturated carbocycles. The highest BCUT2D eigenvalue weighted by atomic mass is 19.1. The van der Waals surface area contributed by atoms with Crippen LogP contribution in [0.15, 0.2) is 48.5 Å². The van der Waals surface area contributed by atoms with Crippen LogP contribution in [-0.4, -0.2) is 20.2 Å². The number of halogens is 2. The van der Waals surface area contributed by atoms with E-state index < -0.39 is 17.7 Å². The van der Waals surface area contributed by atoms with Gasteiger partial charge in [-0.05, 0) is 35.5 Å². The third-order valence-corrected chi connectivity index (χ3v) is 3.24. The quantitative estimate of drug-likeness (QED) is 0.804. The molecule has 0 bridgehead atoms. The number of para-hydroxylation sites is 1. The molecule has 3 aromatic rings. The smallest absolute Gasteiger partial charge is 0.248 e. The van der Waals surface area contributed by atoms with Crippen molar-refractivity contribution in [2.75, 3.05) is 5.32 Å². The largest absolute Gasteiger partial charge is 0.346 e. The van der Waals surface area contributed by atoms with Crippen LogP contribution >= 0.6 is 0 Å². The van der Waals surface area contributed by atoms with Crippen LogP contribution < -0.4 is 5.32 Å². The van der Waals surface area contributed by atoms with Gasteiger partial charge in [0.15, 0.2) is 0 Å². The van der Waals surface area contributed by atoms with Crippen LogP contribution in [0.2, 0.25) is 0 Å². The van der Waals surface area contributed by atoms with Gasteiger partial charge < -0.3 is 5.32 Å². The molecule has 1 aromatic heterocycles. The highest BCUT2D eigenvalue weighted by Crippen LogP contribution is 2.22. The molecule has 3 rings (SSSR count). The summed E-state index contributed by atoms with van der Waals surface area (Å²) < 4.78 is 28.3. The van der Waals surface area contributed by atoms with E-state index in [9.17, 15) is 8.78 Å². The van der Waals surface area contributed by atoms with Crippen LogP contribution in [0.1, 0.15) is 18.5 Å². The van der Waals surface area contributed by atoms with Crippen molar-refractivity contribution >= 4 is 5.95 Å². The third kappa shape index (κ3) is 2.78. The van der Waals surface area contributed by atoms with Crippen molar-refractivity contribution in [2.24, 2.45) is 0 Å². The Morgan fingerprint density at radius 3 is 2.59 bits per heavy atom. The van der Waals surface area contributed by atoms with Crippen LogP contribution in [0, 0.1) is 11.6 Å². The molecule has 1 atom stereocenters. The molecule has 0 unspecified atom stereocenters. The highest BCUT2D eigenvalue weighted by Gasteiger charge is 2.15. The van der Waals surface area contributed by atoms with E-state index in [2.05, 4.69) is 20.8 Å². The number of rotatable bonds is 4. The fourth-order valence-electron chi connectivity index (χ4n) is 2.14. The fourth-order valence-corrected chi connectivity index (χ4v) is 2.14. The van der Waals surface area contributed by atoms with E-state index in [-0.39, 0.29) is 0 Å². The molecular formula is C15H13F2N5. The summed E-state index contributed by atoms with van der Waals surface area (Å²) in [6.07, 6.45) is 0. The number of nitrogens with zero attached hydrogens (tertiary/aromatic N) is 4. The molecule has 0 fully saturated rings. The van der Waals surface area contributed by atoms with Gasteiger partial charge in [0.25, 0.3) is 0 Å². The second-order valence-electron chi connectivity index (χ2n) is 4.78. The van der Waals surface area contributed by atoms with Gasteiger partial charge in [-0.1, -0.05) is 29.4 Å². The van der Waals surface area contributed by atoms with Gasteiger partial charge in [0, 0.05) is 11.6 Å². The maximum Gasteiger partial charge on any atom is 0.248 e. The number of hydrogen-bond acceptors (Lipinski definition) is 4. The van der Waals surface area contributed by atoms with Gasteiger partial charge in [-0.15, -0.1) is 0 Å². The first-order valence-corrected chi connectivity index (χ1v) is 6.70. The van der Waals surface area contributed by atoms with E-state index in [0.717, 1.165) is 11.8 Å². The summed E-state index contributed by atoms with van der Waals surface area (Å²) in [7, 11) is 0. The van der Waals surface area contributed by atoms with Crippen LogP contribution in [-0.2, 0) is 0 Å². The summed E-state index contributed by atoms with van der Waals surface area (Å²) in [6.45, 7) is 1.75. The van der Waals surface area contributed by atoms with Gasteiger partial charge in [0.05, 0.1) is 11.7 Å². The monoisotopic (exact) mass is 301 g/mol. The topological polar surface area (TPSA) is 55.6 Å². The Bertz CT molecular complexity index is 773. The normalized spacial score (nSPS) is 12.1. The van der Waals surface area contributed by atoms with Gasteiger partial charge in [0.2, 0.25) is 5.95 Å². The summed E-state index contributed by atoms with van der Waals surface area (Å²) >= 11 is 0. The second kappa shape index (κ2) is 5.88. The predicted octanol–water partition coefficient (Wildman–Crippen LogP) is 3.11. The maximum atomic E-state index is 13.8. The number of hydrogen-bond donors (Lipinski definition) is 1. The highest BCUT2D eigenvalue weighted by molar-refractivity contribution is 5.40. The summed E-state index contributed by atoms with van der Waals surface area (Å²) in [4.78, 5) is 0. The Morgan fingerprint density at radius 1 is 1.09 bits per heavy atom. The molecular weight excluding hydrogens is 288 g/mol. The van der Waals surface area contributed by atoms with Crippen LogP contribution in [0.3, 0.4) is 0 Å². The average molecular weight is 301 g/mol. The number of aromatic nitrogens is 4. The molecule has 0 saturated heterocycles. The zero-order valence-corrected chi connectivity index (χ0v) is 11.7. The van der Waals surface area contributed by atoms with Gasteiger partial charge >= 0.3 is 0 Å². The number of nitrogens with one attached hydrogen (secondary N) is 1. The van der Waals surface area contributed by atoms with Gasteiger partial charge in [0.1, 0.15) is 11.6 Å². The van der Waals surface area contributed by atoms with Crippen molar-refractivity contribution < 1.29 is 8.78 Å². The van der Waals surface area contributed by atoms with Crippen molar-refractivity contribution in [2.45, 2.75) is 13.0 Å². The first kappa shape index (κ1) is 14.1. The minimum Gasteiger partial charge on any atom is -0.346 e. The summed E-state index contributed by atoms with van der Waals surface area (Å²) in [6, 6.07) is 12.4. The third-order valence-electron chi connectivity index (χ3n) is 3.24. The maximum absolute atomic E-state index is 13.8. The minimum atomic E-state index is -0.612. The Balaban J connectivity index is 1.86. The standard InChI is InChI=1S/C15H13F2N5/c1-10(13-8-7-11(16)9-14(13)17)18-15-19-20-21-22(15)12-5-3-2-4-6-12/h2-10H,1H3,(H,18,19,21)/t10-/m0/s1. The molecule has 0 aliphatic carbocycles. The number of benzene rings is 2. The molecule has 2 aromatic carbocycles. The van der Waals surface area contributed by atoms with Crippen LogP contribution in [0.25, 0.3) is 5.69 Å². The molecule has 0 radical (unpaired) electrons. The van der Waals surface area contributed by atoms with E-state index in [1.807, 2.05) is 30.3 Å². The molecule has 1 N–H and O–H groups in total. The predicted molar refractivity (Wildman–Crippen MR) is 77.5 cm³/mol. The molecule has 22 heavy (non-hydrogen) atoms. The molecule has 0 amide bonds. The van der Waals surface area contributed by atoms with Gasteiger partial charge in [-0.3, -0.25) is 0 Å². The van der Waals surface area contributed by atoms with E-state index in [0.29, 0.717) is 11.5 Å². The summed E-state index contributed by atoms with van der Waals surface area (Å²) in [5.74, 6) is -0.844. The molecule has 1 heterocycles. The van der Waals surface area contributed by atoms with E-state index >= 15 is 0 Å². The zero-order chi connectivity index (χ0) is 15.5. The molecule has 0 aliphatic heterocycles. The van der Waals surface area contributed by atoms with Crippen molar-refractivity contribution in [3.8, 4) is 5.69 Å². The fraction of sp³-hybridized carbons (Fsp3) is 0.133. The average Bonchev–Trinajstić information content (AvgIpc) is 2.96. The van der Waals surface area contributed by atoms with E-state index in [1.165, 1.54) is 16.8 Å². The lowest BCUT2D eigenvalue weighted by Gasteiger charge is -2.15. The van der Waals surface area contributed by atoms with Crippen molar-refractivity contribution in [3.05, 3.63) is 65.7 Å². The Kier molecular flexibility index (Phi) is 3.78. The number of anilines is 1. The summed E-state index contributed by atoms with van der Waals surface area (Å²) in [5, 5.41) is 14.5. The Labute approximate surface area is 125 Å². The molecule has 112 valence electrons. The molecule has 5 nitrogen and oxygen atoms in total. The lowest BCUT2D eigenvalue weighted by molar-refractivity contribution is 0.565. The first-order valence-electron chi connectivity index (χ1n) is 6.70. The van der Waals surface area contributed by atoms with Crippen LogP contribution in [0.5, 0.6) is 0 Å². The second-order valence-corrected chi connectivity index (χ2v) is 4.78. The minimum absolute atomic E-state index is 0.337. The lowest BCUT2D eigenvalue weighted by Crippen LogP contribution is -2.13. The van der Waals surface area contributed by atoms with Crippen LogP contribution in [0.4, 0.5) is 14.7 Å². The Hall–Kier alpha value is -2.83. The van der Waals surface area contributed by atoms with Gasteiger partial charge in [-0.25, -0.2) is 8.78 Å². The zero-order valence-electron chi connectivity index (χ0n) is 11.7. The van der Waals surface area contributed by atoms with Gasteiger partial charge in [-0.2, -0.15) is 4.68 Å². The van der Waals surface area contributed by atoms with E-state index in [1.54, 1.807) is 6.92 Å². The lowest BCUT2D eigenvalue weighted by atomic mass is 10.1. The molecule has 0 spiro atoms. The summed E-state index contributed by atoms with van der Waals surface area (Å²) in [5.41, 5.74) is 1.12.